The van der Waals surface area contributed by atoms with Crippen molar-refractivity contribution in [2.75, 3.05) is 11.9 Å². The van der Waals surface area contributed by atoms with Crippen LogP contribution in [0.1, 0.15) is 26.0 Å². The summed E-state index contributed by atoms with van der Waals surface area (Å²) in [7, 11) is 0. The first-order chi connectivity index (χ1) is 8.08. The summed E-state index contributed by atoms with van der Waals surface area (Å²) in [4.78, 5) is 15.9. The van der Waals surface area contributed by atoms with Crippen LogP contribution in [0.4, 0.5) is 5.95 Å². The predicted octanol–water partition coefficient (Wildman–Crippen LogP) is 1.18. The number of hydrogen-bond donors (Lipinski definition) is 2. The smallest absolute Gasteiger partial charge is 0.350 e. The summed E-state index contributed by atoms with van der Waals surface area (Å²) in [6, 6.07) is 1.77. The molecule has 0 fully saturated rings. The number of hydrogen-bond acceptors (Lipinski definition) is 4. The second kappa shape index (κ2) is 4.57. The highest BCUT2D eigenvalue weighted by Gasteiger charge is 2.08. The van der Waals surface area contributed by atoms with Gasteiger partial charge in [-0.05, 0) is 19.3 Å². The van der Waals surface area contributed by atoms with Crippen molar-refractivity contribution in [2.24, 2.45) is 5.92 Å². The molecule has 0 saturated heterocycles. The number of aryl methyl sites for hydroxylation is 1. The van der Waals surface area contributed by atoms with E-state index in [0.717, 1.165) is 18.7 Å². The van der Waals surface area contributed by atoms with E-state index in [1.54, 1.807) is 6.07 Å². The van der Waals surface area contributed by atoms with Crippen LogP contribution in [0.25, 0.3) is 5.65 Å². The van der Waals surface area contributed by atoms with E-state index in [0.29, 0.717) is 17.5 Å². The summed E-state index contributed by atoms with van der Waals surface area (Å²) >= 11 is 0. The number of aromatic amines is 1. The monoisotopic (exact) mass is 235 g/mol. The molecule has 0 aliphatic carbocycles. The molecule has 2 N–H and O–H groups in total. The van der Waals surface area contributed by atoms with Crippen molar-refractivity contribution in [3.63, 3.8) is 0 Å². The zero-order chi connectivity index (χ0) is 12.4. The fraction of sp³-hybridized carbons (Fsp3) is 0.545. The van der Waals surface area contributed by atoms with Gasteiger partial charge in [0.1, 0.15) is 0 Å². The summed E-state index contributed by atoms with van der Waals surface area (Å²) < 4.78 is 1.45. The minimum atomic E-state index is -0.264. The normalized spacial score (nSPS) is 11.3. The lowest BCUT2D eigenvalue weighted by Gasteiger charge is -2.09. The Bertz CT molecular complexity index is 569. The second-order valence-electron chi connectivity index (χ2n) is 4.55. The summed E-state index contributed by atoms with van der Waals surface area (Å²) in [5, 5.41) is 9.53. The molecule has 6 heteroatoms. The highest BCUT2D eigenvalue weighted by molar-refractivity contribution is 5.45. The fourth-order valence-electron chi connectivity index (χ4n) is 1.64. The minimum Gasteiger partial charge on any atom is -0.355 e. The Labute approximate surface area is 99.1 Å². The minimum absolute atomic E-state index is 0.264. The summed E-state index contributed by atoms with van der Waals surface area (Å²) in [5.41, 5.74) is 1.16. The Hall–Kier alpha value is -1.85. The third kappa shape index (κ3) is 2.46. The molecule has 0 radical (unpaired) electrons. The van der Waals surface area contributed by atoms with Crippen LogP contribution >= 0.6 is 0 Å². The first-order valence-corrected chi connectivity index (χ1v) is 5.76. The third-order valence-corrected chi connectivity index (χ3v) is 2.54. The molecule has 0 aromatic carbocycles. The molecule has 0 aliphatic heterocycles. The van der Waals surface area contributed by atoms with E-state index in [2.05, 4.69) is 34.3 Å². The molecule has 92 valence electrons. The first-order valence-electron chi connectivity index (χ1n) is 5.76. The number of fused-ring (bicyclic) bond motifs is 1. The van der Waals surface area contributed by atoms with Crippen LogP contribution in [0.5, 0.6) is 0 Å². The lowest BCUT2D eigenvalue weighted by atomic mass is 10.1. The van der Waals surface area contributed by atoms with E-state index >= 15 is 0 Å². The van der Waals surface area contributed by atoms with Crippen molar-refractivity contribution in [3.8, 4) is 0 Å². The standard InChI is InChI=1S/C11H17N5O/c1-7(2)4-5-12-10-13-8(3)6-9-14-15-11(17)16(9)10/h6-7H,4-5H2,1-3H3,(H,12,13)(H,15,17). The van der Waals surface area contributed by atoms with Gasteiger partial charge in [0.05, 0.1) is 0 Å². The molecule has 2 aromatic rings. The fourth-order valence-corrected chi connectivity index (χ4v) is 1.64. The predicted molar refractivity (Wildman–Crippen MR) is 66.3 cm³/mol. The molecule has 2 aromatic heterocycles. The molecule has 0 aliphatic rings. The van der Waals surface area contributed by atoms with Crippen molar-refractivity contribution in [1.82, 2.24) is 19.6 Å². The zero-order valence-electron chi connectivity index (χ0n) is 10.3. The average Bonchev–Trinajstić information content (AvgIpc) is 2.59. The highest BCUT2D eigenvalue weighted by atomic mass is 16.1. The van der Waals surface area contributed by atoms with Gasteiger partial charge in [0, 0.05) is 18.3 Å². The molecule has 0 saturated carbocycles. The molecule has 0 atom stereocenters. The molecular weight excluding hydrogens is 218 g/mol. The van der Waals surface area contributed by atoms with Gasteiger partial charge in [-0.25, -0.2) is 19.3 Å². The third-order valence-electron chi connectivity index (χ3n) is 2.54. The van der Waals surface area contributed by atoms with Crippen molar-refractivity contribution in [1.29, 1.82) is 0 Å². The van der Waals surface area contributed by atoms with Gasteiger partial charge in [-0.2, -0.15) is 5.10 Å². The Kier molecular flexibility index (Phi) is 3.12. The summed E-state index contributed by atoms with van der Waals surface area (Å²) in [6.07, 6.45) is 1.03. The van der Waals surface area contributed by atoms with Crippen LogP contribution in [0.3, 0.4) is 0 Å². The molecule has 0 bridgehead atoms. The SMILES string of the molecule is Cc1cc2n[nH]c(=O)n2c(NCCC(C)C)n1. The van der Waals surface area contributed by atoms with Crippen LogP contribution < -0.4 is 11.0 Å². The van der Waals surface area contributed by atoms with E-state index in [-0.39, 0.29) is 5.69 Å². The van der Waals surface area contributed by atoms with Gasteiger partial charge in [-0.3, -0.25) is 0 Å². The maximum absolute atomic E-state index is 11.6. The molecule has 0 amide bonds. The molecule has 0 spiro atoms. The van der Waals surface area contributed by atoms with Crippen LogP contribution in [0.2, 0.25) is 0 Å². The molecular formula is C11H17N5O. The van der Waals surface area contributed by atoms with Gasteiger partial charge in [0.15, 0.2) is 5.65 Å². The van der Waals surface area contributed by atoms with Gasteiger partial charge in [0.25, 0.3) is 0 Å². The number of rotatable bonds is 4. The van der Waals surface area contributed by atoms with Crippen LogP contribution in [0, 0.1) is 12.8 Å². The van der Waals surface area contributed by atoms with Gasteiger partial charge >= 0.3 is 5.69 Å². The molecule has 0 unspecified atom stereocenters. The molecule has 2 heterocycles. The number of aromatic nitrogens is 4. The second-order valence-corrected chi connectivity index (χ2v) is 4.55. The van der Waals surface area contributed by atoms with Crippen LogP contribution in [-0.2, 0) is 0 Å². The Balaban J connectivity index is 2.31. The van der Waals surface area contributed by atoms with Crippen LogP contribution in [-0.4, -0.2) is 26.1 Å². The lowest BCUT2D eigenvalue weighted by Crippen LogP contribution is -2.17. The Morgan fingerprint density at radius 1 is 1.53 bits per heavy atom. The van der Waals surface area contributed by atoms with Crippen molar-refractivity contribution in [3.05, 3.63) is 22.2 Å². The van der Waals surface area contributed by atoms with E-state index in [1.807, 2.05) is 6.92 Å². The summed E-state index contributed by atoms with van der Waals surface area (Å²) in [6.45, 7) is 6.99. The zero-order valence-corrected chi connectivity index (χ0v) is 10.3. The van der Waals surface area contributed by atoms with E-state index in [1.165, 1.54) is 4.40 Å². The molecule has 2 rings (SSSR count). The molecule has 6 nitrogen and oxygen atoms in total. The van der Waals surface area contributed by atoms with Crippen LogP contribution in [0.15, 0.2) is 10.9 Å². The number of nitrogens with zero attached hydrogens (tertiary/aromatic N) is 3. The Morgan fingerprint density at radius 2 is 2.29 bits per heavy atom. The van der Waals surface area contributed by atoms with E-state index in [4.69, 9.17) is 0 Å². The molecule has 17 heavy (non-hydrogen) atoms. The van der Waals surface area contributed by atoms with Crippen molar-refractivity contribution < 1.29 is 0 Å². The van der Waals surface area contributed by atoms with Gasteiger partial charge in [-0.1, -0.05) is 13.8 Å². The largest absolute Gasteiger partial charge is 0.355 e. The highest BCUT2D eigenvalue weighted by Crippen LogP contribution is 2.08. The first kappa shape index (κ1) is 11.6. The van der Waals surface area contributed by atoms with Gasteiger partial charge in [0.2, 0.25) is 5.95 Å². The van der Waals surface area contributed by atoms with E-state index in [9.17, 15) is 4.79 Å². The van der Waals surface area contributed by atoms with Crippen molar-refractivity contribution >= 4 is 11.6 Å². The summed E-state index contributed by atoms with van der Waals surface area (Å²) in [5.74, 6) is 1.17. The van der Waals surface area contributed by atoms with Crippen molar-refractivity contribution in [2.45, 2.75) is 27.2 Å². The number of H-pyrrole nitrogens is 1. The Morgan fingerprint density at radius 3 is 3.00 bits per heavy atom. The van der Waals surface area contributed by atoms with Gasteiger partial charge in [-0.15, -0.1) is 0 Å². The maximum Gasteiger partial charge on any atom is 0.350 e. The van der Waals surface area contributed by atoms with E-state index < -0.39 is 0 Å². The average molecular weight is 235 g/mol. The topological polar surface area (TPSA) is 75.1 Å². The number of anilines is 1. The maximum atomic E-state index is 11.6. The number of nitrogens with one attached hydrogen (secondary N) is 2. The van der Waals surface area contributed by atoms with Gasteiger partial charge < -0.3 is 5.32 Å². The quantitative estimate of drug-likeness (QED) is 0.834. The lowest BCUT2D eigenvalue weighted by molar-refractivity contribution is 0.605.